The Morgan fingerprint density at radius 1 is 0.739 bits per heavy atom. The van der Waals surface area contributed by atoms with Gasteiger partial charge in [-0.05, 0) is 77.9 Å². The molecule has 1 aromatic heterocycles. The van der Waals surface area contributed by atoms with Crippen molar-refractivity contribution in [2.75, 3.05) is 4.90 Å². The topological polar surface area (TPSA) is 24.8 Å². The Morgan fingerprint density at radius 3 is 2.37 bits per heavy atom. The Morgan fingerprint density at radius 2 is 1.52 bits per heavy atom. The van der Waals surface area contributed by atoms with Gasteiger partial charge in [0.05, 0.1) is 17.1 Å². The molecule has 5 aromatic carbocycles. The summed E-state index contributed by atoms with van der Waals surface area (Å²) in [6, 6.07) is 43.8. The van der Waals surface area contributed by atoms with Gasteiger partial charge in [0, 0.05) is 33.1 Å². The third-order valence-electron chi connectivity index (χ3n) is 11.0. The summed E-state index contributed by atoms with van der Waals surface area (Å²) in [5.74, 6) is 0. The molecule has 0 saturated carbocycles. The van der Waals surface area contributed by atoms with Gasteiger partial charge in [0.2, 0.25) is 0 Å². The fourth-order valence-corrected chi connectivity index (χ4v) is 8.85. The van der Waals surface area contributed by atoms with Crippen molar-refractivity contribution in [3.05, 3.63) is 156 Å². The van der Waals surface area contributed by atoms with Gasteiger partial charge < -0.3 is 14.8 Å². The minimum atomic E-state index is -0.0296. The lowest BCUT2D eigenvalue weighted by molar-refractivity contribution is -0.700. The summed E-state index contributed by atoms with van der Waals surface area (Å²) in [5.41, 5.74) is 13.5. The van der Waals surface area contributed by atoms with Crippen molar-refractivity contribution >= 4 is 27.5 Å². The Kier molecular flexibility index (Phi) is 6.17. The Bertz CT molecular complexity index is 2200. The summed E-state index contributed by atoms with van der Waals surface area (Å²) in [4.78, 5) is 2.66. The number of allylic oxidation sites excluding steroid dienone is 3. The van der Waals surface area contributed by atoms with E-state index in [1.807, 2.05) is 0 Å². The largest absolute Gasteiger partial charge is 0.315 e. The van der Waals surface area contributed by atoms with E-state index in [9.17, 15) is 0 Å². The van der Waals surface area contributed by atoms with Gasteiger partial charge in [-0.25, -0.2) is 0 Å². The zero-order valence-electron chi connectivity index (χ0n) is 26.8. The van der Waals surface area contributed by atoms with E-state index in [-0.39, 0.29) is 11.6 Å². The predicted octanol–water partition coefficient (Wildman–Crippen LogP) is 9.21. The van der Waals surface area contributed by atoms with Crippen LogP contribution in [-0.4, -0.2) is 16.7 Å². The van der Waals surface area contributed by atoms with Crippen LogP contribution in [0.15, 0.2) is 139 Å². The van der Waals surface area contributed by atoms with E-state index in [4.69, 9.17) is 0 Å². The molecule has 9 rings (SSSR count). The fourth-order valence-electron chi connectivity index (χ4n) is 8.85. The maximum Gasteiger partial charge on any atom is 0.189 e. The van der Waals surface area contributed by atoms with Crippen LogP contribution in [0.25, 0.3) is 38.6 Å². The van der Waals surface area contributed by atoms with Gasteiger partial charge in [-0.2, -0.15) is 0 Å². The maximum absolute atomic E-state index is 2.66. The monoisotopic (exact) mass is 598 g/mol. The van der Waals surface area contributed by atoms with Crippen LogP contribution < -0.4 is 10.2 Å². The number of hydrogen-bond donors (Lipinski definition) is 1. The van der Waals surface area contributed by atoms with Gasteiger partial charge in [-0.1, -0.05) is 117 Å². The SMILES string of the molecule is CC1C(C2=CC=CCC2)[NH2+]C(c2ccccc2)N1c1cccc(-n2c3ccccc3c3c4c(ccc32)C(C)(C)c2ccccc2-4)c1. The summed E-state index contributed by atoms with van der Waals surface area (Å²) in [7, 11) is 0. The molecule has 2 N–H and O–H groups in total. The molecule has 226 valence electrons. The first-order valence-corrected chi connectivity index (χ1v) is 16.8. The molecule has 46 heavy (non-hydrogen) atoms. The highest BCUT2D eigenvalue weighted by atomic mass is 15.4. The number of nitrogens with zero attached hydrogens (tertiary/aromatic N) is 2. The van der Waals surface area contributed by atoms with Crippen LogP contribution in [0.1, 0.15) is 56.5 Å². The zero-order valence-corrected chi connectivity index (χ0v) is 26.8. The van der Waals surface area contributed by atoms with E-state index in [1.54, 1.807) is 5.57 Å². The van der Waals surface area contributed by atoms with Gasteiger partial charge in [0.1, 0.15) is 6.04 Å². The third kappa shape index (κ3) is 3.94. The Labute approximate surface area is 271 Å². The van der Waals surface area contributed by atoms with Crippen molar-refractivity contribution in [2.45, 2.75) is 57.3 Å². The molecule has 6 aromatic rings. The van der Waals surface area contributed by atoms with E-state index < -0.39 is 0 Å². The smallest absolute Gasteiger partial charge is 0.189 e. The molecular weight excluding hydrogens is 558 g/mol. The number of benzene rings is 5. The van der Waals surface area contributed by atoms with Crippen LogP contribution in [0, 0.1) is 0 Å². The van der Waals surface area contributed by atoms with Gasteiger partial charge in [0.15, 0.2) is 6.17 Å². The van der Waals surface area contributed by atoms with Gasteiger partial charge in [-0.3, -0.25) is 0 Å². The minimum Gasteiger partial charge on any atom is -0.315 e. The number of aromatic nitrogens is 1. The molecule has 0 spiro atoms. The molecule has 3 heteroatoms. The molecule has 3 nitrogen and oxygen atoms in total. The van der Waals surface area contributed by atoms with Crippen molar-refractivity contribution in [3.8, 4) is 16.8 Å². The molecule has 1 aliphatic heterocycles. The highest BCUT2D eigenvalue weighted by Crippen LogP contribution is 2.53. The van der Waals surface area contributed by atoms with E-state index in [0.717, 1.165) is 12.8 Å². The van der Waals surface area contributed by atoms with Crippen LogP contribution in [0.2, 0.25) is 0 Å². The van der Waals surface area contributed by atoms with E-state index in [1.165, 1.54) is 61.0 Å². The first-order valence-electron chi connectivity index (χ1n) is 16.8. The number of nitrogens with two attached hydrogens (primary N) is 1. The van der Waals surface area contributed by atoms with Crippen LogP contribution in [0.4, 0.5) is 5.69 Å². The first kappa shape index (κ1) is 27.5. The molecule has 2 aliphatic carbocycles. The number of anilines is 1. The van der Waals surface area contributed by atoms with Gasteiger partial charge in [0.25, 0.3) is 0 Å². The minimum absolute atomic E-state index is 0.0296. The summed E-state index contributed by atoms with van der Waals surface area (Å²) in [6.45, 7) is 7.16. The third-order valence-corrected chi connectivity index (χ3v) is 11.0. The summed E-state index contributed by atoms with van der Waals surface area (Å²) in [5, 5.41) is 5.27. The predicted molar refractivity (Wildman–Crippen MR) is 192 cm³/mol. The second-order valence-electron chi connectivity index (χ2n) is 13.9. The van der Waals surface area contributed by atoms with E-state index in [0.29, 0.717) is 12.1 Å². The summed E-state index contributed by atoms with van der Waals surface area (Å²) < 4.78 is 2.50. The number of fused-ring (bicyclic) bond motifs is 7. The van der Waals surface area contributed by atoms with Crippen molar-refractivity contribution in [1.29, 1.82) is 0 Å². The Hall–Kier alpha value is -4.86. The number of para-hydroxylation sites is 1. The van der Waals surface area contributed by atoms with Crippen molar-refractivity contribution in [2.24, 2.45) is 0 Å². The maximum atomic E-state index is 2.66. The standard InChI is InChI=1S/C43H39N3/c1-28-41(29-15-6-4-7-16-29)44-42(30-17-8-5-9-18-30)45(28)31-19-14-20-32(27-31)46-37-24-13-11-22-34(37)40-38(46)26-25-36-39(40)33-21-10-12-23-35(33)43(36,2)3/h4-6,8-15,17-28,41-42,44H,7,16H2,1-3H3/p+1. The fraction of sp³-hybridized carbons (Fsp3) is 0.209. The normalized spacial score (nSPS) is 21.5. The zero-order chi connectivity index (χ0) is 31.0. The van der Waals surface area contributed by atoms with Crippen LogP contribution in [-0.2, 0) is 5.41 Å². The molecule has 2 heterocycles. The molecule has 1 saturated heterocycles. The molecule has 0 bridgehead atoms. The molecule has 3 atom stereocenters. The van der Waals surface area contributed by atoms with Crippen molar-refractivity contribution < 1.29 is 5.32 Å². The van der Waals surface area contributed by atoms with Gasteiger partial charge in [-0.15, -0.1) is 0 Å². The van der Waals surface area contributed by atoms with E-state index in [2.05, 4.69) is 169 Å². The van der Waals surface area contributed by atoms with Crippen molar-refractivity contribution in [3.63, 3.8) is 0 Å². The second-order valence-corrected chi connectivity index (χ2v) is 13.9. The summed E-state index contributed by atoms with van der Waals surface area (Å²) >= 11 is 0. The average molecular weight is 599 g/mol. The van der Waals surface area contributed by atoms with Crippen LogP contribution >= 0.6 is 0 Å². The quantitative estimate of drug-likeness (QED) is 0.215. The molecule has 3 unspecified atom stereocenters. The van der Waals surface area contributed by atoms with Crippen molar-refractivity contribution in [1.82, 2.24) is 4.57 Å². The van der Waals surface area contributed by atoms with Crippen LogP contribution in [0.5, 0.6) is 0 Å². The molecule has 3 aliphatic rings. The number of quaternary nitrogens is 1. The first-order chi connectivity index (χ1) is 22.5. The highest BCUT2D eigenvalue weighted by molar-refractivity contribution is 6.17. The lowest BCUT2D eigenvalue weighted by atomic mass is 9.82. The lowest BCUT2D eigenvalue weighted by Gasteiger charge is -2.28. The number of hydrogen-bond acceptors (Lipinski definition) is 1. The molecule has 0 amide bonds. The van der Waals surface area contributed by atoms with E-state index >= 15 is 0 Å². The molecule has 0 radical (unpaired) electrons. The highest BCUT2D eigenvalue weighted by Gasteiger charge is 2.44. The summed E-state index contributed by atoms with van der Waals surface area (Å²) in [6.07, 6.45) is 9.39. The molecule has 1 fully saturated rings. The second kappa shape index (κ2) is 10.3. The Balaban J connectivity index is 1.23. The average Bonchev–Trinajstić information content (AvgIpc) is 3.71. The number of rotatable bonds is 4. The van der Waals surface area contributed by atoms with Gasteiger partial charge >= 0.3 is 0 Å². The van der Waals surface area contributed by atoms with Crippen LogP contribution in [0.3, 0.4) is 0 Å². The molecular formula is C43H40N3+. The lowest BCUT2D eigenvalue weighted by Crippen LogP contribution is -2.89.